The summed E-state index contributed by atoms with van der Waals surface area (Å²) in [6.45, 7) is 0. The molecule has 0 fully saturated rings. The van der Waals surface area contributed by atoms with Crippen LogP contribution in [0.5, 0.6) is 0 Å². The summed E-state index contributed by atoms with van der Waals surface area (Å²) in [7, 11) is 0. The van der Waals surface area contributed by atoms with Crippen molar-refractivity contribution in [2.45, 2.75) is 6.10 Å². The van der Waals surface area contributed by atoms with Crippen molar-refractivity contribution in [3.8, 4) is 11.1 Å². The van der Waals surface area contributed by atoms with Crippen LogP contribution in [0.15, 0.2) is 144 Å². The molecule has 0 aliphatic heterocycles. The molecule has 0 aromatic heterocycles. The minimum Gasteiger partial charge on any atom is -0.383 e. The Balaban J connectivity index is 1.64. The smallest absolute Gasteiger partial charge is 0.201 e. The van der Waals surface area contributed by atoms with Crippen LogP contribution in [-0.4, -0.2) is 11.2 Å². The van der Waals surface area contributed by atoms with Gasteiger partial charge in [0.05, 0.1) is 5.69 Å². The average molecular weight is 495 g/mol. The number of aliphatic hydroxyl groups excluding tert-OH is 1. The lowest BCUT2D eigenvalue weighted by molar-refractivity contribution is 0.260. The summed E-state index contributed by atoms with van der Waals surface area (Å²) in [5.74, 6) is 0. The zero-order chi connectivity index (χ0) is 25.9. The van der Waals surface area contributed by atoms with E-state index in [2.05, 4.69) is 53.1 Å². The summed E-state index contributed by atoms with van der Waals surface area (Å²) in [5.41, 5.74) is 4.73. The summed E-state index contributed by atoms with van der Waals surface area (Å²) in [6.07, 6.45) is 8.52. The Hall–Kier alpha value is -4.93. The van der Waals surface area contributed by atoms with E-state index in [1.807, 2.05) is 66.8 Å². The number of aliphatic hydroxyl groups is 1. The van der Waals surface area contributed by atoms with Gasteiger partial charge in [0.15, 0.2) is 0 Å². The van der Waals surface area contributed by atoms with Crippen LogP contribution in [0.25, 0.3) is 32.7 Å². The predicted octanol–water partition coefficient (Wildman–Crippen LogP) is 7.55. The largest absolute Gasteiger partial charge is 0.383 e. The molecule has 3 N–H and O–H groups in total. The maximum Gasteiger partial charge on any atom is 0.201 e. The van der Waals surface area contributed by atoms with Crippen molar-refractivity contribution in [2.75, 3.05) is 10.6 Å². The molecule has 0 saturated heterocycles. The van der Waals surface area contributed by atoms with E-state index in [1.165, 1.54) is 0 Å². The first kappa shape index (κ1) is 23.5. The molecule has 1 atom stereocenters. The number of hydrogen-bond donors (Lipinski definition) is 3. The molecule has 4 nitrogen and oxygen atoms in total. The summed E-state index contributed by atoms with van der Waals surface area (Å²) < 4.78 is 0. The fraction of sp³-hybridized carbons (Fsp3) is 0.0294. The molecule has 0 spiro atoms. The second-order valence-electron chi connectivity index (χ2n) is 9.19. The van der Waals surface area contributed by atoms with E-state index in [1.54, 1.807) is 24.3 Å². The van der Waals surface area contributed by atoms with Crippen LogP contribution in [0, 0.1) is 0 Å². The van der Waals surface area contributed by atoms with Crippen LogP contribution in [0.2, 0.25) is 0 Å². The van der Waals surface area contributed by atoms with Crippen LogP contribution < -0.4 is 16.1 Å². The van der Waals surface area contributed by atoms with Crippen molar-refractivity contribution < 1.29 is 5.11 Å². The topological polar surface area (TPSA) is 61.4 Å². The minimum atomic E-state index is -0.762. The molecule has 1 aliphatic carbocycles. The number of hydrogen-bond acceptors (Lipinski definition) is 4. The highest BCUT2D eigenvalue weighted by Crippen LogP contribution is 2.44. The molecule has 5 aromatic rings. The van der Waals surface area contributed by atoms with E-state index in [0.717, 1.165) is 44.0 Å². The molecular weight excluding hydrogens is 468 g/mol. The second-order valence-corrected chi connectivity index (χ2v) is 9.19. The maximum absolute atomic E-state index is 12.8. The third-order valence-corrected chi connectivity index (χ3v) is 6.76. The highest BCUT2D eigenvalue weighted by molar-refractivity contribution is 6.14. The highest BCUT2D eigenvalue weighted by Gasteiger charge is 2.19. The van der Waals surface area contributed by atoms with Crippen molar-refractivity contribution in [1.29, 1.82) is 0 Å². The Morgan fingerprint density at radius 2 is 1.16 bits per heavy atom. The molecule has 1 aliphatic rings. The minimum absolute atomic E-state index is 0.0873. The second kappa shape index (κ2) is 10.2. The number of allylic oxidation sites excluding steroid dienone is 4. The lowest BCUT2D eigenvalue weighted by Crippen LogP contribution is -2.15. The number of benzene rings is 4. The Kier molecular flexibility index (Phi) is 6.30. The first-order valence-corrected chi connectivity index (χ1v) is 12.6. The number of nitrogens with one attached hydrogen (secondary N) is 2. The fourth-order valence-corrected chi connectivity index (χ4v) is 4.94. The quantitative estimate of drug-likeness (QED) is 0.236. The van der Waals surface area contributed by atoms with Crippen molar-refractivity contribution in [2.24, 2.45) is 0 Å². The fourth-order valence-electron chi connectivity index (χ4n) is 4.94. The van der Waals surface area contributed by atoms with E-state index in [4.69, 9.17) is 0 Å². The molecule has 0 amide bonds. The molecule has 0 saturated carbocycles. The zero-order valence-corrected chi connectivity index (χ0v) is 20.6. The molecule has 38 heavy (non-hydrogen) atoms. The number of anilines is 3. The van der Waals surface area contributed by atoms with E-state index in [-0.39, 0.29) is 5.43 Å². The lowest BCUT2D eigenvalue weighted by Gasteiger charge is -2.22. The van der Waals surface area contributed by atoms with Crippen molar-refractivity contribution in [3.05, 3.63) is 149 Å². The number of rotatable bonds is 5. The van der Waals surface area contributed by atoms with Crippen LogP contribution in [0.4, 0.5) is 17.1 Å². The third kappa shape index (κ3) is 4.49. The van der Waals surface area contributed by atoms with Crippen LogP contribution in [0.3, 0.4) is 0 Å². The van der Waals surface area contributed by atoms with Gasteiger partial charge in [-0.15, -0.1) is 0 Å². The van der Waals surface area contributed by atoms with Gasteiger partial charge >= 0.3 is 0 Å². The Morgan fingerprint density at radius 3 is 1.87 bits per heavy atom. The Bertz CT molecular complexity index is 1820. The van der Waals surface area contributed by atoms with Crippen LogP contribution in [0.1, 0.15) is 0 Å². The molecule has 0 bridgehead atoms. The molecule has 184 valence electrons. The van der Waals surface area contributed by atoms with Gasteiger partial charge in [-0.1, -0.05) is 103 Å². The van der Waals surface area contributed by atoms with Gasteiger partial charge in [-0.2, -0.15) is 0 Å². The summed E-state index contributed by atoms with van der Waals surface area (Å²) in [5, 5.41) is 22.0. The van der Waals surface area contributed by atoms with Crippen molar-refractivity contribution in [1.82, 2.24) is 0 Å². The Labute approximate surface area is 220 Å². The predicted molar refractivity (Wildman–Crippen MR) is 159 cm³/mol. The molecular formula is C34H26N2O2. The zero-order valence-electron chi connectivity index (χ0n) is 20.6. The van der Waals surface area contributed by atoms with Crippen LogP contribution >= 0.6 is 0 Å². The average Bonchev–Trinajstić information content (AvgIpc) is 3.28. The van der Waals surface area contributed by atoms with Crippen molar-refractivity contribution in [3.63, 3.8) is 0 Å². The van der Waals surface area contributed by atoms with Gasteiger partial charge in [0.2, 0.25) is 5.43 Å². The standard InChI is InChI=1S/C34H26N2O2/c37-31-17-5-1-3-15-27(31)35-29-21-19-23-11-7-9-13-25(23)33(29)34-26-14-10-8-12-24(26)20-22-30(34)36-28-16-4-2-6-18-32(28)38/h1-22,31,35,37H,(H,36,38). The maximum atomic E-state index is 12.8. The highest BCUT2D eigenvalue weighted by atomic mass is 16.3. The van der Waals surface area contributed by atoms with E-state index in [0.29, 0.717) is 11.4 Å². The van der Waals surface area contributed by atoms with Gasteiger partial charge in [0, 0.05) is 28.2 Å². The molecule has 1 unspecified atom stereocenters. The normalized spacial score (nSPS) is 14.8. The van der Waals surface area contributed by atoms with E-state index >= 15 is 0 Å². The lowest BCUT2D eigenvalue weighted by atomic mass is 9.90. The van der Waals surface area contributed by atoms with E-state index < -0.39 is 6.10 Å². The molecule has 4 heteroatoms. The molecule has 0 heterocycles. The Morgan fingerprint density at radius 1 is 0.553 bits per heavy atom. The monoisotopic (exact) mass is 494 g/mol. The first-order chi connectivity index (χ1) is 18.7. The summed E-state index contributed by atoms with van der Waals surface area (Å²) >= 11 is 0. The van der Waals surface area contributed by atoms with Crippen molar-refractivity contribution >= 4 is 38.6 Å². The third-order valence-electron chi connectivity index (χ3n) is 6.76. The summed E-state index contributed by atoms with van der Waals surface area (Å²) in [4.78, 5) is 12.8. The van der Waals surface area contributed by atoms with Gasteiger partial charge in [-0.25, -0.2) is 0 Å². The van der Waals surface area contributed by atoms with Gasteiger partial charge < -0.3 is 15.7 Å². The molecule has 5 aromatic carbocycles. The van der Waals surface area contributed by atoms with Gasteiger partial charge in [-0.05, 0) is 51.9 Å². The van der Waals surface area contributed by atoms with E-state index in [9.17, 15) is 9.90 Å². The van der Waals surface area contributed by atoms with Gasteiger partial charge in [0.25, 0.3) is 0 Å². The first-order valence-electron chi connectivity index (χ1n) is 12.6. The van der Waals surface area contributed by atoms with Crippen LogP contribution in [-0.2, 0) is 0 Å². The summed E-state index contributed by atoms with van der Waals surface area (Å²) in [6, 6.07) is 33.6. The molecule has 6 rings (SSSR count). The molecule has 0 radical (unpaired) electrons. The number of fused-ring (bicyclic) bond motifs is 2. The van der Waals surface area contributed by atoms with Gasteiger partial charge in [0.1, 0.15) is 6.10 Å². The SMILES string of the molecule is O=c1cccccc1Nc1ccc2ccccc2c1-c1c(NC2=CC=CC=CC2O)ccc2ccccc12. The van der Waals surface area contributed by atoms with Gasteiger partial charge in [-0.3, -0.25) is 4.79 Å².